The van der Waals surface area contributed by atoms with Crippen LogP contribution in [0.4, 0.5) is 0 Å². The van der Waals surface area contributed by atoms with E-state index >= 15 is 0 Å². The van der Waals surface area contributed by atoms with E-state index in [4.69, 9.17) is 18.6 Å². The van der Waals surface area contributed by atoms with Crippen LogP contribution in [0, 0.1) is 29.6 Å². The van der Waals surface area contributed by atoms with Crippen molar-refractivity contribution in [2.24, 2.45) is 29.6 Å². The zero-order chi connectivity index (χ0) is 27.7. The Kier molecular flexibility index (Phi) is 7.72. The lowest BCUT2D eigenvalue weighted by atomic mass is 9.57. The van der Waals surface area contributed by atoms with Crippen LogP contribution in [-0.2, 0) is 23.4 Å². The van der Waals surface area contributed by atoms with Crippen LogP contribution < -0.4 is 0 Å². The van der Waals surface area contributed by atoms with Gasteiger partial charge in [0.1, 0.15) is 11.7 Å². The molecule has 4 aliphatic rings. The summed E-state index contributed by atoms with van der Waals surface area (Å²) in [7, 11) is -0.588. The molecule has 2 aliphatic carbocycles. The third-order valence-electron chi connectivity index (χ3n) is 10.2. The highest BCUT2D eigenvalue weighted by Gasteiger charge is 2.68. The summed E-state index contributed by atoms with van der Waals surface area (Å²) in [5.74, 6) is -1.36. The maximum Gasteiger partial charge on any atom is 0.335 e. The van der Waals surface area contributed by atoms with Gasteiger partial charge in [0.2, 0.25) is 0 Å². The van der Waals surface area contributed by atoms with Crippen molar-refractivity contribution in [3.63, 3.8) is 0 Å². The maximum atomic E-state index is 13.5. The molecule has 4 rings (SSSR count). The number of ether oxygens (including phenoxy) is 3. The minimum absolute atomic E-state index is 0.0176. The fourth-order valence-corrected chi connectivity index (χ4v) is 8.46. The van der Waals surface area contributed by atoms with Gasteiger partial charge in [0, 0.05) is 36.7 Å². The smallest absolute Gasteiger partial charge is 0.335 e. The van der Waals surface area contributed by atoms with Crippen molar-refractivity contribution in [3.05, 3.63) is 23.8 Å². The van der Waals surface area contributed by atoms with E-state index in [1.54, 1.807) is 0 Å². The van der Waals surface area contributed by atoms with Crippen LogP contribution in [0.25, 0.3) is 0 Å². The molecular formula is C29H48O7Si. The fraction of sp³-hybridized carbons (Fsp3) is 0.828. The molecule has 2 fully saturated rings. The molecule has 10 unspecified atom stereocenters. The Hall–Kier alpha value is -1.03. The molecule has 12 atom stereocenters. The van der Waals surface area contributed by atoms with Gasteiger partial charge in [0.05, 0.1) is 24.4 Å². The van der Waals surface area contributed by atoms with Gasteiger partial charge in [0.15, 0.2) is 14.4 Å². The highest BCUT2D eigenvalue weighted by Crippen LogP contribution is 2.60. The van der Waals surface area contributed by atoms with Gasteiger partial charge < -0.3 is 28.8 Å². The minimum atomic E-state index is -2.12. The number of methoxy groups -OCH3 is 1. The lowest BCUT2D eigenvalue weighted by molar-refractivity contribution is -0.171. The number of hydrogen-bond acceptors (Lipinski definition) is 7. The van der Waals surface area contributed by atoms with Crippen LogP contribution in [0.5, 0.6) is 0 Å². The Morgan fingerprint density at radius 3 is 2.41 bits per heavy atom. The third kappa shape index (κ3) is 4.59. The molecule has 1 saturated heterocycles. The van der Waals surface area contributed by atoms with Gasteiger partial charge in [0.25, 0.3) is 0 Å². The van der Waals surface area contributed by atoms with E-state index in [0.717, 1.165) is 5.57 Å². The van der Waals surface area contributed by atoms with E-state index in [9.17, 15) is 15.0 Å². The van der Waals surface area contributed by atoms with E-state index in [-0.39, 0.29) is 40.7 Å². The van der Waals surface area contributed by atoms with Crippen molar-refractivity contribution in [2.45, 2.75) is 115 Å². The number of carbonyl (C=O) groups is 1. The van der Waals surface area contributed by atoms with Gasteiger partial charge in [-0.05, 0) is 44.0 Å². The number of cyclic esters (lactones) is 1. The van der Waals surface area contributed by atoms with Crippen LogP contribution in [0.15, 0.2) is 23.8 Å². The predicted octanol–water partition coefficient (Wildman–Crippen LogP) is 4.24. The van der Waals surface area contributed by atoms with Crippen LogP contribution in [-0.4, -0.2) is 73.8 Å². The molecule has 2 heterocycles. The lowest BCUT2D eigenvalue weighted by Gasteiger charge is -2.48. The highest BCUT2D eigenvalue weighted by atomic mass is 28.4. The summed E-state index contributed by atoms with van der Waals surface area (Å²) in [4.78, 5) is 13.5. The molecule has 0 aromatic heterocycles. The fourth-order valence-electron chi connectivity index (χ4n) is 7.04. The lowest BCUT2D eigenvalue weighted by Crippen LogP contribution is -2.56. The van der Waals surface area contributed by atoms with Gasteiger partial charge in [-0.2, -0.15) is 0 Å². The van der Waals surface area contributed by atoms with E-state index in [1.807, 2.05) is 20.8 Å². The summed E-state index contributed by atoms with van der Waals surface area (Å²) in [6, 6.07) is 0. The van der Waals surface area contributed by atoms with E-state index in [2.05, 4.69) is 59.0 Å². The Morgan fingerprint density at radius 2 is 1.81 bits per heavy atom. The van der Waals surface area contributed by atoms with E-state index in [1.165, 1.54) is 7.11 Å². The van der Waals surface area contributed by atoms with Gasteiger partial charge in [-0.15, -0.1) is 0 Å². The van der Waals surface area contributed by atoms with Crippen LogP contribution in [0.2, 0.25) is 18.1 Å². The molecule has 210 valence electrons. The number of aliphatic hydroxyl groups excluding tert-OH is 2. The molecular weight excluding hydrogens is 488 g/mol. The molecule has 4 bridgehead atoms. The van der Waals surface area contributed by atoms with E-state index in [0.29, 0.717) is 6.42 Å². The number of hydrogen-bond donors (Lipinski definition) is 2. The van der Waals surface area contributed by atoms with Gasteiger partial charge in [-0.1, -0.05) is 52.8 Å². The second kappa shape index (κ2) is 9.86. The molecule has 2 aliphatic heterocycles. The maximum absolute atomic E-state index is 13.5. The number of aliphatic hydroxyl groups is 2. The molecule has 0 aromatic carbocycles. The number of carbonyl (C=O) groups excluding carboxylic acids is 1. The first-order chi connectivity index (χ1) is 17.1. The zero-order valence-electron chi connectivity index (χ0n) is 24.2. The molecule has 1 saturated carbocycles. The van der Waals surface area contributed by atoms with Crippen LogP contribution in [0.1, 0.15) is 54.9 Å². The Balaban J connectivity index is 1.78. The molecule has 7 nitrogen and oxygen atoms in total. The summed E-state index contributed by atoms with van der Waals surface area (Å²) in [5.41, 5.74) is 0.177. The Morgan fingerprint density at radius 1 is 1.16 bits per heavy atom. The summed E-state index contributed by atoms with van der Waals surface area (Å²) >= 11 is 0. The van der Waals surface area contributed by atoms with Crippen molar-refractivity contribution in [3.8, 4) is 0 Å². The van der Waals surface area contributed by atoms with Crippen molar-refractivity contribution in [1.29, 1.82) is 0 Å². The third-order valence-corrected chi connectivity index (χ3v) is 14.8. The first-order valence-corrected chi connectivity index (χ1v) is 16.8. The van der Waals surface area contributed by atoms with Crippen molar-refractivity contribution < 1.29 is 33.6 Å². The first-order valence-electron chi connectivity index (χ1n) is 13.9. The monoisotopic (exact) mass is 536 g/mol. The average Bonchev–Trinajstić information content (AvgIpc) is 3.00. The molecule has 2 N–H and O–H groups in total. The molecule has 37 heavy (non-hydrogen) atoms. The predicted molar refractivity (Wildman–Crippen MR) is 144 cm³/mol. The summed E-state index contributed by atoms with van der Waals surface area (Å²) in [6.45, 7) is 19.0. The Labute approximate surface area is 223 Å². The SMILES string of the molecule is COC1CC2C=CC3C4C(O)C(C)C(O)[C@@H]3O[C@]24/C(C)=C/C(C)C(C(C)O[Si](C)(C)C(C)(C)C)OC1=O. The first kappa shape index (κ1) is 29.0. The van der Waals surface area contributed by atoms with E-state index < -0.39 is 50.4 Å². The van der Waals surface area contributed by atoms with Gasteiger partial charge >= 0.3 is 5.97 Å². The van der Waals surface area contributed by atoms with Crippen LogP contribution in [0.3, 0.4) is 0 Å². The quantitative estimate of drug-likeness (QED) is 0.315. The van der Waals surface area contributed by atoms with Gasteiger partial charge in [-0.3, -0.25) is 0 Å². The molecule has 8 heteroatoms. The van der Waals surface area contributed by atoms with Crippen LogP contribution >= 0.6 is 0 Å². The summed E-state index contributed by atoms with van der Waals surface area (Å²) < 4.78 is 25.4. The van der Waals surface area contributed by atoms with Crippen molar-refractivity contribution >= 4 is 14.3 Å². The largest absolute Gasteiger partial charge is 0.457 e. The van der Waals surface area contributed by atoms with Crippen molar-refractivity contribution in [2.75, 3.05) is 7.11 Å². The average molecular weight is 537 g/mol. The minimum Gasteiger partial charge on any atom is -0.457 e. The molecule has 1 spiro atoms. The molecule has 0 radical (unpaired) electrons. The second-order valence-corrected chi connectivity index (χ2v) is 18.2. The molecule has 0 aromatic rings. The standard InChI is InChI=1S/C29H48O7Si/c1-15-13-16(2)29-19(11-12-20-22(29)23(30)17(3)24(31)26(20)35-29)14-21(33-8)27(32)34-25(15)18(4)36-37(9,10)28(5,6)7/h11-13,15,17-26,30-31H,14H2,1-10H3/b16-13+/t15?,17?,18?,19?,20?,21?,22?,23?,24?,25?,26-,29-/m1/s1. The second-order valence-electron chi connectivity index (χ2n) is 13.5. The highest BCUT2D eigenvalue weighted by molar-refractivity contribution is 6.74. The zero-order valence-corrected chi connectivity index (χ0v) is 25.2. The topological polar surface area (TPSA) is 94.5 Å². The van der Waals surface area contributed by atoms with Gasteiger partial charge in [-0.25, -0.2) is 4.79 Å². The normalized spacial score (nSPS) is 46.5. The molecule has 0 amide bonds. The summed E-state index contributed by atoms with van der Waals surface area (Å²) in [5, 5.41) is 22.5. The number of rotatable bonds is 4. The van der Waals surface area contributed by atoms with Crippen molar-refractivity contribution in [1.82, 2.24) is 0 Å². The summed E-state index contributed by atoms with van der Waals surface area (Å²) in [6.07, 6.45) is 3.19. The number of esters is 1. The Bertz CT molecular complexity index is 939.